The summed E-state index contributed by atoms with van der Waals surface area (Å²) in [7, 11) is 3.14. The number of benzene rings is 1. The van der Waals surface area contributed by atoms with Gasteiger partial charge in [-0.05, 0) is 66.9 Å². The summed E-state index contributed by atoms with van der Waals surface area (Å²) in [4.78, 5) is 25.5. The first-order chi connectivity index (χ1) is 11.4. The van der Waals surface area contributed by atoms with Gasteiger partial charge < -0.3 is 14.5 Å². The van der Waals surface area contributed by atoms with Crippen LogP contribution in [0.4, 0.5) is 5.69 Å². The van der Waals surface area contributed by atoms with Gasteiger partial charge in [-0.2, -0.15) is 0 Å². The van der Waals surface area contributed by atoms with Crippen LogP contribution >= 0.6 is 22.6 Å². The van der Waals surface area contributed by atoms with Crippen molar-refractivity contribution in [2.75, 3.05) is 26.0 Å². The van der Waals surface area contributed by atoms with Crippen molar-refractivity contribution in [3.63, 3.8) is 0 Å². The van der Waals surface area contributed by atoms with Crippen LogP contribution in [-0.4, -0.2) is 37.5 Å². The highest BCUT2D eigenvalue weighted by Crippen LogP contribution is 2.17. The van der Waals surface area contributed by atoms with Gasteiger partial charge in [0.05, 0.1) is 20.2 Å². The Bertz CT molecular complexity index is 725. The highest BCUT2D eigenvalue weighted by molar-refractivity contribution is 14.1. The van der Waals surface area contributed by atoms with Crippen molar-refractivity contribution in [1.29, 1.82) is 0 Å². The molecule has 0 bridgehead atoms. The summed E-state index contributed by atoms with van der Waals surface area (Å²) in [6, 6.07) is 9.23. The Kier molecular flexibility index (Phi) is 6.38. The summed E-state index contributed by atoms with van der Waals surface area (Å²) in [5.41, 5.74) is 1.17. The number of rotatable bonds is 6. The van der Waals surface area contributed by atoms with Gasteiger partial charge in [0.15, 0.2) is 0 Å². The predicted molar refractivity (Wildman–Crippen MR) is 98.9 cm³/mol. The van der Waals surface area contributed by atoms with E-state index in [0.717, 1.165) is 9.26 Å². The van der Waals surface area contributed by atoms with E-state index in [-0.39, 0.29) is 12.5 Å². The molecule has 1 aromatic heterocycles. The number of nitrogens with zero attached hydrogens (tertiary/aromatic N) is 1. The van der Waals surface area contributed by atoms with E-state index in [1.165, 1.54) is 7.11 Å². The quantitative estimate of drug-likeness (QED) is 0.550. The van der Waals surface area contributed by atoms with Crippen LogP contribution in [0.5, 0.6) is 0 Å². The van der Waals surface area contributed by atoms with E-state index in [2.05, 4.69) is 27.9 Å². The van der Waals surface area contributed by atoms with E-state index in [1.54, 1.807) is 17.9 Å². The first-order valence-corrected chi connectivity index (χ1v) is 8.38. The number of aryl methyl sites for hydroxylation is 1. The molecule has 0 fully saturated rings. The van der Waals surface area contributed by atoms with Gasteiger partial charge in [-0.1, -0.05) is 0 Å². The van der Waals surface area contributed by atoms with E-state index >= 15 is 0 Å². The normalized spacial score (nSPS) is 10.7. The zero-order valence-electron chi connectivity index (χ0n) is 13.8. The van der Waals surface area contributed by atoms with Crippen LogP contribution in [0.1, 0.15) is 21.9 Å². The van der Waals surface area contributed by atoms with Crippen molar-refractivity contribution in [3.05, 3.63) is 51.0 Å². The van der Waals surface area contributed by atoms with Crippen LogP contribution in [-0.2, 0) is 16.1 Å². The number of hydrogen-bond donors (Lipinski definition) is 1. The molecule has 1 aromatic carbocycles. The third kappa shape index (κ3) is 5.07. The Morgan fingerprint density at radius 2 is 1.96 bits per heavy atom. The van der Waals surface area contributed by atoms with Crippen LogP contribution in [0.25, 0.3) is 0 Å². The molecular formula is C17H19IN2O4. The Labute approximate surface area is 154 Å². The monoisotopic (exact) mass is 442 g/mol. The average Bonchev–Trinajstić information content (AvgIpc) is 2.89. The highest BCUT2D eigenvalue weighted by Gasteiger charge is 2.17. The van der Waals surface area contributed by atoms with Crippen molar-refractivity contribution >= 4 is 40.2 Å². The molecule has 0 saturated heterocycles. The van der Waals surface area contributed by atoms with Crippen LogP contribution in [0.2, 0.25) is 0 Å². The fourth-order valence-corrected chi connectivity index (χ4v) is 2.59. The molecule has 1 N–H and O–H groups in total. The number of nitrogens with one attached hydrogen (secondary N) is 1. The Balaban J connectivity index is 1.90. The third-order valence-corrected chi connectivity index (χ3v) is 4.06. The lowest BCUT2D eigenvalue weighted by Gasteiger charge is -2.14. The second-order valence-electron chi connectivity index (χ2n) is 5.40. The van der Waals surface area contributed by atoms with E-state index in [9.17, 15) is 9.59 Å². The predicted octanol–water partition coefficient (Wildman–Crippen LogP) is 3.05. The standard InChI is InChI=1S/C17H19IN2O4/c1-11-15(17(22)23-3)8-14(24-11)9-20(2)10-16(21)19-13-6-4-12(18)5-7-13/h4-8H,9-10H2,1-3H3,(H,19,21). The summed E-state index contributed by atoms with van der Waals surface area (Å²) in [6.45, 7) is 2.33. The van der Waals surface area contributed by atoms with Crippen molar-refractivity contribution in [2.24, 2.45) is 0 Å². The maximum atomic E-state index is 12.1. The number of carbonyl (C=O) groups excluding carboxylic acids is 2. The van der Waals surface area contributed by atoms with Crippen molar-refractivity contribution in [2.45, 2.75) is 13.5 Å². The Morgan fingerprint density at radius 3 is 2.58 bits per heavy atom. The van der Waals surface area contributed by atoms with Crippen LogP contribution in [0, 0.1) is 10.5 Å². The highest BCUT2D eigenvalue weighted by atomic mass is 127. The zero-order chi connectivity index (χ0) is 17.7. The van der Waals surface area contributed by atoms with Crippen LogP contribution in [0.15, 0.2) is 34.7 Å². The van der Waals surface area contributed by atoms with Crippen LogP contribution < -0.4 is 5.32 Å². The molecule has 0 aliphatic rings. The van der Waals surface area contributed by atoms with E-state index in [0.29, 0.717) is 23.6 Å². The molecule has 0 aliphatic carbocycles. The molecule has 0 spiro atoms. The van der Waals surface area contributed by atoms with E-state index < -0.39 is 5.97 Å². The number of hydrogen-bond acceptors (Lipinski definition) is 5. The Hall–Kier alpha value is -1.87. The fourth-order valence-electron chi connectivity index (χ4n) is 2.24. The minimum absolute atomic E-state index is 0.116. The fraction of sp³-hybridized carbons (Fsp3) is 0.294. The van der Waals surface area contributed by atoms with Gasteiger partial charge in [-0.25, -0.2) is 4.79 Å². The smallest absolute Gasteiger partial charge is 0.341 e. The number of anilines is 1. The molecule has 0 unspecified atom stereocenters. The number of esters is 1. The van der Waals surface area contributed by atoms with Gasteiger partial charge >= 0.3 is 5.97 Å². The van der Waals surface area contributed by atoms with Gasteiger partial charge in [-0.15, -0.1) is 0 Å². The molecule has 0 radical (unpaired) electrons. The number of methoxy groups -OCH3 is 1. The summed E-state index contributed by atoms with van der Waals surface area (Å²) < 4.78 is 11.4. The Morgan fingerprint density at radius 1 is 1.29 bits per heavy atom. The lowest BCUT2D eigenvalue weighted by Crippen LogP contribution is -2.29. The molecule has 6 nitrogen and oxygen atoms in total. The molecule has 0 aliphatic heterocycles. The summed E-state index contributed by atoms with van der Waals surface area (Å²) in [5.74, 6) is 0.572. The second kappa shape index (κ2) is 8.29. The number of furan rings is 1. The third-order valence-electron chi connectivity index (χ3n) is 3.34. The number of halogens is 1. The number of carbonyl (C=O) groups is 2. The lowest BCUT2D eigenvalue weighted by molar-refractivity contribution is -0.117. The number of likely N-dealkylation sites (N-methyl/N-ethyl adjacent to an activating group) is 1. The molecule has 1 heterocycles. The van der Waals surface area contributed by atoms with Gasteiger partial charge in [0.2, 0.25) is 5.91 Å². The lowest BCUT2D eigenvalue weighted by atomic mass is 10.2. The molecule has 128 valence electrons. The van der Waals surface area contributed by atoms with Crippen molar-refractivity contribution in [1.82, 2.24) is 4.90 Å². The van der Waals surface area contributed by atoms with Crippen molar-refractivity contribution in [3.8, 4) is 0 Å². The molecular weight excluding hydrogens is 423 g/mol. The number of ether oxygens (including phenoxy) is 1. The molecule has 24 heavy (non-hydrogen) atoms. The molecule has 2 rings (SSSR count). The summed E-state index contributed by atoms with van der Waals surface area (Å²) >= 11 is 2.21. The summed E-state index contributed by atoms with van der Waals surface area (Å²) in [6.07, 6.45) is 0. The first kappa shape index (κ1) is 18.5. The van der Waals surface area contributed by atoms with Gasteiger partial charge in [0.1, 0.15) is 17.1 Å². The maximum Gasteiger partial charge on any atom is 0.341 e. The molecule has 2 aromatic rings. The minimum atomic E-state index is -0.429. The average molecular weight is 442 g/mol. The molecule has 7 heteroatoms. The molecule has 1 amide bonds. The van der Waals surface area contributed by atoms with Gasteiger partial charge in [-0.3, -0.25) is 9.69 Å². The van der Waals surface area contributed by atoms with Gasteiger partial charge in [0.25, 0.3) is 0 Å². The van der Waals surface area contributed by atoms with Crippen molar-refractivity contribution < 1.29 is 18.7 Å². The second-order valence-corrected chi connectivity index (χ2v) is 6.65. The van der Waals surface area contributed by atoms with Crippen LogP contribution in [0.3, 0.4) is 0 Å². The number of amides is 1. The maximum absolute atomic E-state index is 12.1. The molecule has 0 atom stereocenters. The topological polar surface area (TPSA) is 71.8 Å². The minimum Gasteiger partial charge on any atom is -0.465 e. The van der Waals surface area contributed by atoms with E-state index in [1.807, 2.05) is 31.3 Å². The summed E-state index contributed by atoms with van der Waals surface area (Å²) in [5, 5.41) is 2.84. The largest absolute Gasteiger partial charge is 0.465 e. The first-order valence-electron chi connectivity index (χ1n) is 7.30. The zero-order valence-corrected chi connectivity index (χ0v) is 15.9. The van der Waals surface area contributed by atoms with E-state index in [4.69, 9.17) is 9.15 Å². The van der Waals surface area contributed by atoms with Gasteiger partial charge in [0, 0.05) is 9.26 Å². The molecule has 0 saturated carbocycles. The SMILES string of the molecule is COC(=O)c1cc(CN(C)CC(=O)Nc2ccc(I)cc2)oc1C.